The summed E-state index contributed by atoms with van der Waals surface area (Å²) in [5, 5.41) is 0. The third-order valence-electron chi connectivity index (χ3n) is 2.28. The zero-order chi connectivity index (χ0) is 8.10. The highest BCUT2D eigenvalue weighted by Gasteiger charge is 2.10. The molecule has 0 heterocycles. The molecule has 62 valence electrons. The van der Waals surface area contributed by atoms with Crippen molar-refractivity contribution in [3.8, 4) is 11.8 Å². The summed E-state index contributed by atoms with van der Waals surface area (Å²) in [6.45, 7) is 4.62. The van der Waals surface area contributed by atoms with E-state index in [1.54, 1.807) is 0 Å². The molecular weight excluding hydrogens is 132 g/mol. The summed E-state index contributed by atoms with van der Waals surface area (Å²) in [7, 11) is 0. The first kappa shape index (κ1) is 8.65. The Morgan fingerprint density at radius 1 is 1.18 bits per heavy atom. The molecule has 0 N–H and O–H groups in total. The van der Waals surface area contributed by atoms with Crippen LogP contribution in [0, 0.1) is 23.7 Å². The Balaban J connectivity index is 2.25. The molecule has 0 saturated carbocycles. The van der Waals surface area contributed by atoms with Crippen molar-refractivity contribution in [2.45, 2.75) is 46.0 Å². The van der Waals surface area contributed by atoms with Crippen LogP contribution in [0.15, 0.2) is 0 Å². The minimum Gasteiger partial charge on any atom is -0.103 e. The van der Waals surface area contributed by atoms with Crippen molar-refractivity contribution in [2.24, 2.45) is 11.8 Å². The SMILES string of the molecule is CC(C)CC1CCC#CCC1. The smallest absolute Gasteiger partial charge is 0.00913 e. The van der Waals surface area contributed by atoms with Crippen LogP contribution in [-0.2, 0) is 0 Å². The first-order valence-corrected chi connectivity index (χ1v) is 4.74. The summed E-state index contributed by atoms with van der Waals surface area (Å²) < 4.78 is 0. The van der Waals surface area contributed by atoms with Crippen LogP contribution in [0.1, 0.15) is 46.0 Å². The second-order valence-electron chi connectivity index (χ2n) is 3.93. The summed E-state index contributed by atoms with van der Waals surface area (Å²) in [6, 6.07) is 0. The van der Waals surface area contributed by atoms with Crippen LogP contribution >= 0.6 is 0 Å². The highest BCUT2D eigenvalue weighted by Crippen LogP contribution is 2.23. The van der Waals surface area contributed by atoms with Gasteiger partial charge in [0.25, 0.3) is 0 Å². The lowest BCUT2D eigenvalue weighted by Crippen LogP contribution is -2.03. The Morgan fingerprint density at radius 2 is 1.73 bits per heavy atom. The molecule has 0 spiro atoms. The Bertz CT molecular complexity index is 145. The van der Waals surface area contributed by atoms with Gasteiger partial charge in [-0.05, 0) is 31.1 Å². The zero-order valence-electron chi connectivity index (χ0n) is 7.69. The first-order valence-electron chi connectivity index (χ1n) is 4.74. The van der Waals surface area contributed by atoms with E-state index in [0.717, 1.165) is 24.7 Å². The average molecular weight is 150 g/mol. The molecule has 1 rings (SSSR count). The van der Waals surface area contributed by atoms with Gasteiger partial charge >= 0.3 is 0 Å². The van der Waals surface area contributed by atoms with E-state index in [1.807, 2.05) is 0 Å². The first-order chi connectivity index (χ1) is 5.29. The van der Waals surface area contributed by atoms with Gasteiger partial charge in [0.1, 0.15) is 0 Å². The number of hydrogen-bond acceptors (Lipinski definition) is 0. The van der Waals surface area contributed by atoms with Crippen molar-refractivity contribution < 1.29 is 0 Å². The van der Waals surface area contributed by atoms with Gasteiger partial charge in [-0.1, -0.05) is 13.8 Å². The Kier molecular flexibility index (Phi) is 3.49. The molecule has 0 bridgehead atoms. The molecule has 0 amide bonds. The van der Waals surface area contributed by atoms with Crippen molar-refractivity contribution >= 4 is 0 Å². The lowest BCUT2D eigenvalue weighted by atomic mass is 9.90. The maximum Gasteiger partial charge on any atom is 0.00913 e. The molecule has 1 aliphatic rings. The van der Waals surface area contributed by atoms with E-state index in [1.165, 1.54) is 19.3 Å². The van der Waals surface area contributed by atoms with Crippen molar-refractivity contribution in [2.75, 3.05) is 0 Å². The molecule has 0 aliphatic heterocycles. The minimum absolute atomic E-state index is 0.859. The normalized spacial score (nSPS) is 19.2. The van der Waals surface area contributed by atoms with Gasteiger partial charge in [0.15, 0.2) is 0 Å². The molecule has 0 nitrogen and oxygen atoms in total. The predicted molar refractivity (Wildman–Crippen MR) is 49.2 cm³/mol. The quantitative estimate of drug-likeness (QED) is 0.530. The van der Waals surface area contributed by atoms with Crippen LogP contribution in [0.4, 0.5) is 0 Å². The second kappa shape index (κ2) is 4.44. The van der Waals surface area contributed by atoms with Crippen molar-refractivity contribution in [1.29, 1.82) is 0 Å². The fourth-order valence-electron chi connectivity index (χ4n) is 1.78. The van der Waals surface area contributed by atoms with E-state index >= 15 is 0 Å². The third kappa shape index (κ3) is 3.46. The van der Waals surface area contributed by atoms with Crippen molar-refractivity contribution in [3.63, 3.8) is 0 Å². The molecule has 0 heteroatoms. The molecule has 0 fully saturated rings. The number of hydrogen-bond donors (Lipinski definition) is 0. The molecular formula is C11H18. The molecule has 0 aromatic carbocycles. The minimum atomic E-state index is 0.859. The van der Waals surface area contributed by atoms with Gasteiger partial charge in [-0.25, -0.2) is 0 Å². The molecule has 0 radical (unpaired) electrons. The standard InChI is InChI=1S/C11H18/c1-10(2)9-11-7-5-3-4-6-8-11/h10-11H,5-9H2,1-2H3. The van der Waals surface area contributed by atoms with Crippen molar-refractivity contribution in [3.05, 3.63) is 0 Å². The third-order valence-corrected chi connectivity index (χ3v) is 2.28. The predicted octanol–water partition coefficient (Wildman–Crippen LogP) is 3.23. The van der Waals surface area contributed by atoms with Crippen LogP contribution in [0.25, 0.3) is 0 Å². The summed E-state index contributed by atoms with van der Waals surface area (Å²) >= 11 is 0. The maximum atomic E-state index is 3.20. The van der Waals surface area contributed by atoms with Gasteiger partial charge in [-0.2, -0.15) is 0 Å². The van der Waals surface area contributed by atoms with Crippen LogP contribution < -0.4 is 0 Å². The highest BCUT2D eigenvalue weighted by molar-refractivity contribution is 5.01. The monoisotopic (exact) mass is 150 g/mol. The maximum absolute atomic E-state index is 3.20. The average Bonchev–Trinajstić information content (AvgIpc) is 2.14. The van der Waals surface area contributed by atoms with E-state index in [2.05, 4.69) is 25.7 Å². The van der Waals surface area contributed by atoms with Gasteiger partial charge in [0.2, 0.25) is 0 Å². The van der Waals surface area contributed by atoms with Gasteiger partial charge in [0.05, 0.1) is 0 Å². The molecule has 11 heavy (non-hydrogen) atoms. The Morgan fingerprint density at radius 3 is 2.18 bits per heavy atom. The van der Waals surface area contributed by atoms with Gasteiger partial charge in [-0.15, -0.1) is 11.8 Å². The fraction of sp³-hybridized carbons (Fsp3) is 0.818. The number of rotatable bonds is 2. The van der Waals surface area contributed by atoms with Crippen LogP contribution in [-0.4, -0.2) is 0 Å². The zero-order valence-corrected chi connectivity index (χ0v) is 7.69. The highest BCUT2D eigenvalue weighted by atomic mass is 14.2. The molecule has 0 aromatic rings. The lowest BCUT2D eigenvalue weighted by Gasteiger charge is -2.15. The second-order valence-corrected chi connectivity index (χ2v) is 3.93. The summed E-state index contributed by atoms with van der Waals surface area (Å²) in [5.41, 5.74) is 0. The molecule has 0 atom stereocenters. The fourth-order valence-corrected chi connectivity index (χ4v) is 1.78. The largest absolute Gasteiger partial charge is 0.103 e. The van der Waals surface area contributed by atoms with Crippen LogP contribution in [0.3, 0.4) is 0 Å². The van der Waals surface area contributed by atoms with E-state index in [-0.39, 0.29) is 0 Å². The van der Waals surface area contributed by atoms with E-state index in [0.29, 0.717) is 0 Å². The summed E-state index contributed by atoms with van der Waals surface area (Å²) in [4.78, 5) is 0. The molecule has 0 unspecified atom stereocenters. The van der Waals surface area contributed by atoms with Gasteiger partial charge in [0, 0.05) is 12.8 Å². The topological polar surface area (TPSA) is 0 Å². The Hall–Kier alpha value is -0.440. The van der Waals surface area contributed by atoms with Crippen LogP contribution in [0.2, 0.25) is 0 Å². The van der Waals surface area contributed by atoms with Crippen molar-refractivity contribution in [1.82, 2.24) is 0 Å². The van der Waals surface area contributed by atoms with Gasteiger partial charge in [-0.3, -0.25) is 0 Å². The molecule has 0 aromatic heterocycles. The summed E-state index contributed by atoms with van der Waals surface area (Å²) in [5.74, 6) is 8.20. The van der Waals surface area contributed by atoms with Crippen LogP contribution in [0.5, 0.6) is 0 Å². The van der Waals surface area contributed by atoms with E-state index in [4.69, 9.17) is 0 Å². The molecule has 1 aliphatic carbocycles. The van der Waals surface area contributed by atoms with E-state index in [9.17, 15) is 0 Å². The Labute approximate surface area is 70.4 Å². The van der Waals surface area contributed by atoms with Gasteiger partial charge < -0.3 is 0 Å². The molecule has 0 saturated heterocycles. The lowest BCUT2D eigenvalue weighted by molar-refractivity contribution is 0.375. The van der Waals surface area contributed by atoms with E-state index < -0.39 is 0 Å². The summed E-state index contributed by atoms with van der Waals surface area (Å²) in [6.07, 6.45) is 6.34.